The van der Waals surface area contributed by atoms with Gasteiger partial charge >= 0.3 is 0 Å². The van der Waals surface area contributed by atoms with E-state index in [0.29, 0.717) is 25.4 Å². The van der Waals surface area contributed by atoms with Crippen LogP contribution in [0.4, 0.5) is 5.69 Å². The molecule has 1 amide bonds. The van der Waals surface area contributed by atoms with Gasteiger partial charge in [0.2, 0.25) is 0 Å². The largest absolute Gasteiger partial charge is 0.491 e. The van der Waals surface area contributed by atoms with E-state index in [1.54, 1.807) is 6.20 Å². The molecule has 28 heavy (non-hydrogen) atoms. The quantitative estimate of drug-likeness (QED) is 0.684. The summed E-state index contributed by atoms with van der Waals surface area (Å²) in [5.74, 6) is 0.837. The zero-order valence-corrected chi connectivity index (χ0v) is 15.8. The number of nitrogens with zero attached hydrogens (tertiary/aromatic N) is 3. The van der Waals surface area contributed by atoms with Crippen molar-refractivity contribution in [3.05, 3.63) is 66.0 Å². The maximum Gasteiger partial charge on any atom is 0.273 e. The molecule has 2 aliphatic heterocycles. The number of fused-ring (bicyclic) bond motifs is 2. The molecule has 1 fully saturated rings. The summed E-state index contributed by atoms with van der Waals surface area (Å²) in [6.07, 6.45) is 4.19. The summed E-state index contributed by atoms with van der Waals surface area (Å²) in [6.45, 7) is 3.79. The van der Waals surface area contributed by atoms with Gasteiger partial charge in [0, 0.05) is 42.5 Å². The second kappa shape index (κ2) is 7.15. The minimum atomic E-state index is -0.0418. The number of anilines is 1. The van der Waals surface area contributed by atoms with Crippen LogP contribution in [0.2, 0.25) is 0 Å². The number of pyridine rings is 1. The second-order valence-corrected chi connectivity index (χ2v) is 7.44. The van der Waals surface area contributed by atoms with E-state index < -0.39 is 0 Å². The molecule has 5 rings (SSSR count). The zero-order valence-electron chi connectivity index (χ0n) is 15.8. The molecule has 0 atom stereocenters. The smallest absolute Gasteiger partial charge is 0.273 e. The Labute approximate surface area is 164 Å². The van der Waals surface area contributed by atoms with Crippen LogP contribution in [0, 0.1) is 0 Å². The second-order valence-electron chi connectivity index (χ2n) is 7.44. The number of amides is 1. The van der Waals surface area contributed by atoms with Crippen molar-refractivity contribution in [3.63, 3.8) is 0 Å². The van der Waals surface area contributed by atoms with Gasteiger partial charge in [0.15, 0.2) is 0 Å². The average Bonchev–Trinajstić information content (AvgIpc) is 3.19. The lowest BCUT2D eigenvalue weighted by Crippen LogP contribution is -2.33. The molecule has 142 valence electrons. The number of carbonyl (C=O) groups excluding carboxylic acids is 1. The van der Waals surface area contributed by atoms with Crippen LogP contribution in [0.15, 0.2) is 54.7 Å². The highest BCUT2D eigenvalue weighted by Crippen LogP contribution is 2.30. The van der Waals surface area contributed by atoms with Crippen molar-refractivity contribution in [1.29, 1.82) is 0 Å². The standard InChI is InChI=1S/C23H23N3O2/c27-23(22-20-6-2-1-5-17(20)9-10-24-22)26-13-14-28-21-8-7-19(15-18(21)16-26)25-11-3-4-12-25/h1-2,5-10,15H,3-4,11-14,16H2. The number of rotatable bonds is 2. The highest BCUT2D eigenvalue weighted by Gasteiger charge is 2.24. The topological polar surface area (TPSA) is 45.7 Å². The van der Waals surface area contributed by atoms with E-state index in [1.165, 1.54) is 18.5 Å². The van der Waals surface area contributed by atoms with E-state index >= 15 is 0 Å². The van der Waals surface area contributed by atoms with Crippen LogP contribution in [-0.4, -0.2) is 42.0 Å². The maximum atomic E-state index is 13.3. The Morgan fingerprint density at radius 2 is 1.86 bits per heavy atom. The first-order chi connectivity index (χ1) is 13.8. The fourth-order valence-electron chi connectivity index (χ4n) is 4.17. The Balaban J connectivity index is 1.46. The van der Waals surface area contributed by atoms with Gasteiger partial charge in [0.1, 0.15) is 18.1 Å². The van der Waals surface area contributed by atoms with Crippen LogP contribution in [0.3, 0.4) is 0 Å². The third-order valence-corrected chi connectivity index (χ3v) is 5.66. The Bertz CT molecular complexity index is 1020. The molecule has 2 aromatic carbocycles. The van der Waals surface area contributed by atoms with Crippen LogP contribution >= 0.6 is 0 Å². The molecule has 0 saturated carbocycles. The Morgan fingerprint density at radius 1 is 1.00 bits per heavy atom. The lowest BCUT2D eigenvalue weighted by atomic mass is 10.1. The fourth-order valence-corrected chi connectivity index (χ4v) is 4.17. The first kappa shape index (κ1) is 17.0. The fraction of sp³-hybridized carbons (Fsp3) is 0.304. The molecule has 0 spiro atoms. The van der Waals surface area contributed by atoms with Gasteiger partial charge in [-0.05, 0) is 42.5 Å². The molecule has 1 aromatic heterocycles. The Hall–Kier alpha value is -3.08. The number of aromatic nitrogens is 1. The SMILES string of the molecule is O=C(c1nccc2ccccc12)N1CCOc2ccc(N3CCCC3)cc2C1. The number of benzene rings is 2. The summed E-state index contributed by atoms with van der Waals surface area (Å²) in [5.41, 5.74) is 2.80. The molecule has 2 aliphatic rings. The normalized spacial score (nSPS) is 16.6. The number of carbonyl (C=O) groups is 1. The number of hydrogen-bond donors (Lipinski definition) is 0. The minimum Gasteiger partial charge on any atom is -0.491 e. The van der Waals surface area contributed by atoms with E-state index in [-0.39, 0.29) is 5.91 Å². The van der Waals surface area contributed by atoms with Gasteiger partial charge in [-0.2, -0.15) is 0 Å². The van der Waals surface area contributed by atoms with Crippen molar-refractivity contribution in [2.24, 2.45) is 0 Å². The monoisotopic (exact) mass is 373 g/mol. The van der Waals surface area contributed by atoms with Gasteiger partial charge in [0.05, 0.1) is 6.54 Å². The highest BCUT2D eigenvalue weighted by atomic mass is 16.5. The minimum absolute atomic E-state index is 0.0418. The van der Waals surface area contributed by atoms with Gasteiger partial charge in [-0.3, -0.25) is 9.78 Å². The van der Waals surface area contributed by atoms with Crippen molar-refractivity contribution in [2.75, 3.05) is 31.1 Å². The molecule has 0 aliphatic carbocycles. The van der Waals surface area contributed by atoms with Gasteiger partial charge < -0.3 is 14.5 Å². The third-order valence-electron chi connectivity index (χ3n) is 5.66. The Kier molecular flexibility index (Phi) is 4.35. The molecule has 3 aromatic rings. The van der Waals surface area contributed by atoms with Gasteiger partial charge in [-0.25, -0.2) is 0 Å². The van der Waals surface area contributed by atoms with Crippen molar-refractivity contribution < 1.29 is 9.53 Å². The Morgan fingerprint density at radius 3 is 2.75 bits per heavy atom. The molecular formula is C23H23N3O2. The van der Waals surface area contributed by atoms with Crippen LogP contribution < -0.4 is 9.64 Å². The summed E-state index contributed by atoms with van der Waals surface area (Å²) >= 11 is 0. The molecule has 5 nitrogen and oxygen atoms in total. The van der Waals surface area contributed by atoms with Crippen molar-refractivity contribution in [1.82, 2.24) is 9.88 Å². The van der Waals surface area contributed by atoms with E-state index in [9.17, 15) is 4.79 Å². The lowest BCUT2D eigenvalue weighted by molar-refractivity contribution is 0.0729. The number of ether oxygens (including phenoxy) is 1. The molecule has 0 bridgehead atoms. The maximum absolute atomic E-state index is 13.3. The van der Waals surface area contributed by atoms with Crippen LogP contribution in [0.5, 0.6) is 5.75 Å². The molecule has 3 heterocycles. The average molecular weight is 373 g/mol. The summed E-state index contributed by atoms with van der Waals surface area (Å²) in [7, 11) is 0. The van der Waals surface area contributed by atoms with E-state index in [1.807, 2.05) is 41.3 Å². The molecular weight excluding hydrogens is 350 g/mol. The van der Waals surface area contributed by atoms with Crippen molar-refractivity contribution in [3.8, 4) is 5.75 Å². The van der Waals surface area contributed by atoms with E-state index in [2.05, 4.69) is 22.0 Å². The van der Waals surface area contributed by atoms with Crippen LogP contribution in [0.1, 0.15) is 28.9 Å². The summed E-state index contributed by atoms with van der Waals surface area (Å²) in [4.78, 5) is 22.0. The molecule has 0 radical (unpaired) electrons. The predicted octanol–water partition coefficient (Wildman–Crippen LogP) is 3.87. The first-order valence-corrected chi connectivity index (χ1v) is 9.93. The predicted molar refractivity (Wildman–Crippen MR) is 110 cm³/mol. The van der Waals surface area contributed by atoms with Crippen LogP contribution in [-0.2, 0) is 6.54 Å². The van der Waals surface area contributed by atoms with Gasteiger partial charge in [-0.1, -0.05) is 24.3 Å². The van der Waals surface area contributed by atoms with E-state index in [4.69, 9.17) is 4.74 Å². The first-order valence-electron chi connectivity index (χ1n) is 9.93. The van der Waals surface area contributed by atoms with Crippen molar-refractivity contribution >= 4 is 22.4 Å². The lowest BCUT2D eigenvalue weighted by Gasteiger charge is -2.22. The van der Waals surface area contributed by atoms with Gasteiger partial charge in [-0.15, -0.1) is 0 Å². The molecule has 5 heteroatoms. The van der Waals surface area contributed by atoms with Crippen molar-refractivity contribution in [2.45, 2.75) is 19.4 Å². The van der Waals surface area contributed by atoms with Crippen LogP contribution in [0.25, 0.3) is 10.8 Å². The summed E-state index contributed by atoms with van der Waals surface area (Å²) < 4.78 is 5.94. The number of hydrogen-bond acceptors (Lipinski definition) is 4. The summed E-state index contributed by atoms with van der Waals surface area (Å²) in [6, 6.07) is 16.2. The molecule has 1 saturated heterocycles. The highest BCUT2D eigenvalue weighted by molar-refractivity contribution is 6.05. The van der Waals surface area contributed by atoms with E-state index in [0.717, 1.165) is 35.2 Å². The van der Waals surface area contributed by atoms with Gasteiger partial charge in [0.25, 0.3) is 5.91 Å². The molecule has 0 N–H and O–H groups in total. The molecule has 0 unspecified atom stereocenters. The summed E-state index contributed by atoms with van der Waals surface area (Å²) in [5, 5.41) is 1.93. The third kappa shape index (κ3) is 3.07. The zero-order chi connectivity index (χ0) is 18.9.